The monoisotopic (exact) mass is 249 g/mol. The molecule has 0 unspecified atom stereocenters. The van der Waals surface area contributed by atoms with Gasteiger partial charge >= 0.3 is 0 Å². The van der Waals surface area contributed by atoms with Crippen molar-refractivity contribution in [2.24, 2.45) is 16.7 Å². The molecule has 0 aromatic heterocycles. The van der Waals surface area contributed by atoms with Gasteiger partial charge in [-0.2, -0.15) is 0 Å². The molecule has 2 rings (SSSR count). The van der Waals surface area contributed by atoms with Crippen molar-refractivity contribution in [1.29, 1.82) is 0 Å². The Balaban J connectivity index is 2.23. The fourth-order valence-electron chi connectivity index (χ4n) is 2.39. The van der Waals surface area contributed by atoms with Gasteiger partial charge in [0.25, 0.3) is 0 Å². The second kappa shape index (κ2) is 5.14. The molecule has 1 aliphatic rings. The summed E-state index contributed by atoms with van der Waals surface area (Å²) in [5.74, 6) is 6.14. The van der Waals surface area contributed by atoms with E-state index in [1.807, 2.05) is 0 Å². The summed E-state index contributed by atoms with van der Waals surface area (Å²) in [4.78, 5) is 0. The van der Waals surface area contributed by atoms with Gasteiger partial charge in [-0.05, 0) is 31.0 Å². The predicted octanol–water partition coefficient (Wildman–Crippen LogP) is 0.986. The fourth-order valence-corrected chi connectivity index (χ4v) is 2.39. The maximum atomic E-state index is 8.62. The molecule has 6 nitrogen and oxygen atoms in total. The molecule has 18 heavy (non-hydrogen) atoms. The molecule has 1 saturated carbocycles. The van der Waals surface area contributed by atoms with Crippen molar-refractivity contribution in [1.82, 2.24) is 0 Å². The molecule has 0 bridgehead atoms. The smallest absolute Gasteiger partial charge is 0.170 e. The number of nitrogen functional groups attached to an aromatic ring is 1. The summed E-state index contributed by atoms with van der Waals surface area (Å²) in [6.45, 7) is 0. The molecule has 0 spiro atoms. The van der Waals surface area contributed by atoms with Gasteiger partial charge in [0, 0.05) is 11.6 Å². The Bertz CT molecular complexity index is 454. The number of hydrogen-bond acceptors (Lipinski definition) is 5. The molecule has 0 radical (unpaired) electrons. The first-order chi connectivity index (χ1) is 8.63. The zero-order chi connectivity index (χ0) is 13.1. The largest absolute Gasteiger partial charge is 0.409 e. The van der Waals surface area contributed by atoms with Crippen molar-refractivity contribution >= 4 is 17.2 Å². The second-order valence-corrected chi connectivity index (χ2v) is 4.60. The molecule has 6 heteroatoms. The Kier molecular flexibility index (Phi) is 3.57. The van der Waals surface area contributed by atoms with Crippen molar-refractivity contribution in [3.63, 3.8) is 0 Å². The third-order valence-corrected chi connectivity index (χ3v) is 3.43. The number of oxime groups is 1. The molecule has 0 atom stereocenters. The van der Waals surface area contributed by atoms with Crippen molar-refractivity contribution in [2.45, 2.75) is 31.7 Å². The molecule has 0 saturated heterocycles. The molecule has 7 N–H and O–H groups in total. The van der Waals surface area contributed by atoms with Crippen LogP contribution >= 0.6 is 0 Å². The summed E-state index contributed by atoms with van der Waals surface area (Å²) < 4.78 is 0. The van der Waals surface area contributed by atoms with Gasteiger partial charge in [0.15, 0.2) is 5.84 Å². The number of nitrogens with zero attached hydrogens (tertiary/aromatic N) is 2. The minimum absolute atomic E-state index is 0.0395. The second-order valence-electron chi connectivity index (χ2n) is 4.60. The quantitative estimate of drug-likeness (QED) is 0.159. The Morgan fingerprint density at radius 1 is 1.33 bits per heavy atom. The van der Waals surface area contributed by atoms with Crippen molar-refractivity contribution in [3.05, 3.63) is 23.8 Å². The van der Waals surface area contributed by atoms with Crippen LogP contribution in [0, 0.1) is 0 Å². The summed E-state index contributed by atoms with van der Waals surface area (Å²) in [6.07, 6.45) is 4.61. The first kappa shape index (κ1) is 12.5. The van der Waals surface area contributed by atoms with Gasteiger partial charge in [-0.1, -0.05) is 18.0 Å². The summed E-state index contributed by atoms with van der Waals surface area (Å²) in [5, 5.41) is 13.3. The Labute approximate surface area is 106 Å². The summed E-state index contributed by atoms with van der Waals surface area (Å²) >= 11 is 0. The van der Waals surface area contributed by atoms with Crippen LogP contribution in [0.15, 0.2) is 23.4 Å². The van der Waals surface area contributed by atoms with Gasteiger partial charge < -0.3 is 21.7 Å². The van der Waals surface area contributed by atoms with E-state index in [4.69, 9.17) is 22.5 Å². The summed E-state index contributed by atoms with van der Waals surface area (Å²) in [6, 6.07) is 5.57. The molecule has 1 aliphatic carbocycles. The van der Waals surface area contributed by atoms with Gasteiger partial charge in [-0.15, -0.1) is 0 Å². The highest BCUT2D eigenvalue weighted by molar-refractivity contribution is 5.98. The lowest BCUT2D eigenvalue weighted by Gasteiger charge is -2.27. The maximum Gasteiger partial charge on any atom is 0.170 e. The van der Waals surface area contributed by atoms with Crippen molar-refractivity contribution in [3.8, 4) is 0 Å². The normalized spacial score (nSPS) is 17.1. The van der Waals surface area contributed by atoms with E-state index in [1.54, 1.807) is 23.2 Å². The van der Waals surface area contributed by atoms with E-state index in [0.717, 1.165) is 18.5 Å². The van der Waals surface area contributed by atoms with Crippen LogP contribution in [0.1, 0.15) is 31.2 Å². The lowest BCUT2D eigenvalue weighted by molar-refractivity contribution is 0.318. The lowest BCUT2D eigenvalue weighted by atomic mass is 10.1. The Morgan fingerprint density at radius 3 is 2.56 bits per heavy atom. The van der Waals surface area contributed by atoms with Crippen LogP contribution in [0.25, 0.3) is 0 Å². The van der Waals surface area contributed by atoms with Gasteiger partial charge in [0.05, 0.1) is 11.4 Å². The molecule has 1 aromatic carbocycles. The van der Waals surface area contributed by atoms with E-state index < -0.39 is 0 Å². The standard InChI is InChI=1S/C12H19N5O/c13-10-7-8(12(14)16-18)5-6-11(10)17(15)9-3-1-2-4-9/h5-7,9,18H,1-4,13,15H2,(H2,14,16). The lowest BCUT2D eigenvalue weighted by Crippen LogP contribution is -2.40. The van der Waals surface area contributed by atoms with Crippen LogP contribution < -0.4 is 22.3 Å². The number of hydrazine groups is 1. The van der Waals surface area contributed by atoms with Gasteiger partial charge in [-0.25, -0.2) is 5.84 Å². The van der Waals surface area contributed by atoms with Crippen molar-refractivity contribution < 1.29 is 5.21 Å². The van der Waals surface area contributed by atoms with E-state index in [9.17, 15) is 0 Å². The highest BCUT2D eigenvalue weighted by Crippen LogP contribution is 2.29. The van der Waals surface area contributed by atoms with E-state index in [2.05, 4.69) is 5.16 Å². The highest BCUT2D eigenvalue weighted by Gasteiger charge is 2.22. The third kappa shape index (κ3) is 2.33. The fraction of sp³-hybridized carbons (Fsp3) is 0.417. The number of rotatable bonds is 3. The number of hydrogen-bond donors (Lipinski definition) is 4. The SMILES string of the molecule is NC(=NO)c1ccc(N(N)C2CCCC2)c(N)c1. The Hall–Kier alpha value is -1.95. The van der Waals surface area contributed by atoms with E-state index in [0.29, 0.717) is 17.3 Å². The van der Waals surface area contributed by atoms with Gasteiger partial charge in [0.1, 0.15) is 0 Å². The molecule has 0 aliphatic heterocycles. The number of anilines is 2. The van der Waals surface area contributed by atoms with Gasteiger partial charge in [0.2, 0.25) is 0 Å². The molecule has 1 fully saturated rings. The average molecular weight is 249 g/mol. The molecule has 1 aromatic rings. The van der Waals surface area contributed by atoms with Gasteiger partial charge in [-0.3, -0.25) is 0 Å². The number of benzene rings is 1. The van der Waals surface area contributed by atoms with E-state index in [-0.39, 0.29) is 5.84 Å². The summed E-state index contributed by atoms with van der Waals surface area (Å²) in [5.41, 5.74) is 13.4. The van der Waals surface area contributed by atoms with Crippen LogP contribution in [-0.4, -0.2) is 17.1 Å². The van der Waals surface area contributed by atoms with Crippen molar-refractivity contribution in [2.75, 3.05) is 10.7 Å². The average Bonchev–Trinajstić information content (AvgIpc) is 2.90. The van der Waals surface area contributed by atoms with E-state index >= 15 is 0 Å². The topological polar surface area (TPSA) is 114 Å². The molecule has 0 amide bonds. The van der Waals surface area contributed by atoms with Crippen LogP contribution in [0.5, 0.6) is 0 Å². The third-order valence-electron chi connectivity index (χ3n) is 3.43. The molecule has 98 valence electrons. The highest BCUT2D eigenvalue weighted by atomic mass is 16.4. The first-order valence-electron chi connectivity index (χ1n) is 6.05. The summed E-state index contributed by atoms with van der Waals surface area (Å²) in [7, 11) is 0. The molecular formula is C12H19N5O. The molecule has 0 heterocycles. The zero-order valence-electron chi connectivity index (χ0n) is 10.2. The number of nitrogens with two attached hydrogens (primary N) is 3. The zero-order valence-corrected chi connectivity index (χ0v) is 10.2. The first-order valence-corrected chi connectivity index (χ1v) is 6.05. The number of amidine groups is 1. The molecular weight excluding hydrogens is 230 g/mol. The Morgan fingerprint density at radius 2 is 2.00 bits per heavy atom. The predicted molar refractivity (Wildman–Crippen MR) is 72.3 cm³/mol. The van der Waals surface area contributed by atoms with Crippen LogP contribution in [0.4, 0.5) is 11.4 Å². The minimum atomic E-state index is 0.0395. The van der Waals surface area contributed by atoms with Crippen LogP contribution in [-0.2, 0) is 0 Å². The van der Waals surface area contributed by atoms with E-state index in [1.165, 1.54) is 12.8 Å². The maximum absolute atomic E-state index is 8.62. The van der Waals surface area contributed by atoms with Crippen LogP contribution in [0.2, 0.25) is 0 Å². The minimum Gasteiger partial charge on any atom is -0.409 e. The van der Waals surface area contributed by atoms with Crippen LogP contribution in [0.3, 0.4) is 0 Å².